The molecular weight excluding hydrogens is 359 g/mol. The summed E-state index contributed by atoms with van der Waals surface area (Å²) in [6, 6.07) is 25.7. The molecule has 0 aliphatic rings. The minimum Gasteiger partial charge on any atom is -0.402 e. The summed E-state index contributed by atoms with van der Waals surface area (Å²) in [6.07, 6.45) is 1.48. The molecule has 3 aromatic carbocycles. The normalized spacial score (nSPS) is 11.5. The van der Waals surface area contributed by atoms with E-state index in [-0.39, 0.29) is 12.0 Å². The van der Waals surface area contributed by atoms with E-state index in [0.717, 1.165) is 6.42 Å². The molecule has 0 aliphatic carbocycles. The van der Waals surface area contributed by atoms with Crippen molar-refractivity contribution in [2.75, 3.05) is 6.61 Å². The molecule has 0 aromatic heterocycles. The van der Waals surface area contributed by atoms with Crippen LogP contribution < -0.4 is 0 Å². The van der Waals surface area contributed by atoms with E-state index in [9.17, 15) is 0 Å². The van der Waals surface area contributed by atoms with E-state index in [0.29, 0.717) is 6.42 Å². The lowest BCUT2D eigenvalue weighted by atomic mass is 9.63. The Bertz CT molecular complexity index is 841. The molecule has 0 atom stereocenters. The first kappa shape index (κ1) is 21.3. The number of hydrogen-bond acceptors (Lipinski definition) is 3. The van der Waals surface area contributed by atoms with Crippen molar-refractivity contribution in [3.05, 3.63) is 106 Å². The van der Waals surface area contributed by atoms with E-state index in [1.807, 2.05) is 0 Å². The van der Waals surface area contributed by atoms with Crippen molar-refractivity contribution in [1.82, 2.24) is 0 Å². The number of aryl methyl sites for hydroxylation is 3. The highest BCUT2D eigenvalue weighted by molar-refractivity contribution is 6.32. The van der Waals surface area contributed by atoms with Crippen molar-refractivity contribution in [1.29, 1.82) is 0 Å². The van der Waals surface area contributed by atoms with Gasteiger partial charge in [-0.3, -0.25) is 0 Å². The van der Waals surface area contributed by atoms with Crippen molar-refractivity contribution < 1.29 is 14.7 Å². The lowest BCUT2D eigenvalue weighted by Gasteiger charge is -2.39. The fourth-order valence-electron chi connectivity index (χ4n) is 4.52. The van der Waals surface area contributed by atoms with Crippen LogP contribution in [0.25, 0.3) is 0 Å². The third-order valence-corrected chi connectivity index (χ3v) is 5.78. The smallest absolute Gasteiger partial charge is 0.402 e. The van der Waals surface area contributed by atoms with Crippen LogP contribution in [0.5, 0.6) is 0 Å². The summed E-state index contributed by atoms with van der Waals surface area (Å²) in [6.45, 7) is 6.76. The average Bonchev–Trinajstić information content (AvgIpc) is 2.70. The largest absolute Gasteiger partial charge is 0.633 e. The maximum Gasteiger partial charge on any atom is 0.633 e. The van der Waals surface area contributed by atoms with Crippen LogP contribution in [0.3, 0.4) is 0 Å². The SMILES string of the molecule is Cc1ccccc1C(CCCOB(O)O)(c1ccccc1C)c1ccccc1C. The predicted octanol–water partition coefficient (Wildman–Crippen LogP) is 4.71. The molecule has 0 aliphatic heterocycles. The van der Waals surface area contributed by atoms with E-state index in [1.165, 1.54) is 33.4 Å². The summed E-state index contributed by atoms with van der Waals surface area (Å²) in [5.41, 5.74) is 7.17. The summed E-state index contributed by atoms with van der Waals surface area (Å²) >= 11 is 0. The minimum atomic E-state index is -1.74. The molecule has 3 aromatic rings. The topological polar surface area (TPSA) is 49.7 Å². The molecular formula is C25H29BO3. The van der Waals surface area contributed by atoms with Crippen molar-refractivity contribution >= 4 is 7.32 Å². The zero-order valence-corrected chi connectivity index (χ0v) is 17.4. The molecule has 150 valence electrons. The molecule has 0 bridgehead atoms. The van der Waals surface area contributed by atoms with Crippen molar-refractivity contribution in [3.63, 3.8) is 0 Å². The molecule has 0 fully saturated rings. The van der Waals surface area contributed by atoms with Crippen LogP contribution in [-0.4, -0.2) is 24.0 Å². The molecule has 3 nitrogen and oxygen atoms in total. The Balaban J connectivity index is 2.26. The zero-order valence-electron chi connectivity index (χ0n) is 17.4. The summed E-state index contributed by atoms with van der Waals surface area (Å²) in [5, 5.41) is 18.2. The van der Waals surface area contributed by atoms with Crippen LogP contribution in [0.4, 0.5) is 0 Å². The third-order valence-electron chi connectivity index (χ3n) is 5.78. The number of hydrogen-bond donors (Lipinski definition) is 2. The second-order valence-corrected chi connectivity index (χ2v) is 7.65. The molecule has 0 radical (unpaired) electrons. The Labute approximate surface area is 174 Å². The summed E-state index contributed by atoms with van der Waals surface area (Å²) < 4.78 is 5.05. The maximum absolute atomic E-state index is 9.10. The highest BCUT2D eigenvalue weighted by atomic mass is 16.6. The summed E-state index contributed by atoms with van der Waals surface area (Å²) in [7, 11) is -1.74. The van der Waals surface area contributed by atoms with Crippen molar-refractivity contribution in [2.45, 2.75) is 39.0 Å². The summed E-state index contributed by atoms with van der Waals surface area (Å²) in [4.78, 5) is 0. The standard InChI is InChI=1S/C25H29BO3/c1-19-11-4-7-14-22(19)25(17-10-18-29-26(27)28,23-15-8-5-12-20(23)2)24-16-9-6-13-21(24)3/h4-9,11-16,27-28H,10,17-18H2,1-3H3. The van der Waals surface area contributed by atoms with Gasteiger partial charge in [0.1, 0.15) is 0 Å². The Hall–Kier alpha value is -2.40. The fourth-order valence-corrected chi connectivity index (χ4v) is 4.52. The predicted molar refractivity (Wildman–Crippen MR) is 119 cm³/mol. The van der Waals surface area contributed by atoms with Gasteiger partial charge in [0.25, 0.3) is 0 Å². The number of benzene rings is 3. The Morgan fingerprint density at radius 3 is 1.41 bits per heavy atom. The minimum absolute atomic E-state index is 0.281. The van der Waals surface area contributed by atoms with Gasteiger partial charge in [0.2, 0.25) is 0 Å². The van der Waals surface area contributed by atoms with E-state index >= 15 is 0 Å². The van der Waals surface area contributed by atoms with Gasteiger partial charge < -0.3 is 14.7 Å². The molecule has 0 unspecified atom stereocenters. The van der Waals surface area contributed by atoms with Crippen molar-refractivity contribution in [2.24, 2.45) is 0 Å². The first-order valence-corrected chi connectivity index (χ1v) is 10.1. The maximum atomic E-state index is 9.10. The van der Waals surface area contributed by atoms with Gasteiger partial charge in [-0.15, -0.1) is 0 Å². The monoisotopic (exact) mass is 388 g/mol. The quantitative estimate of drug-likeness (QED) is 0.334. The first-order valence-electron chi connectivity index (χ1n) is 10.1. The molecule has 0 amide bonds. The van der Waals surface area contributed by atoms with Gasteiger partial charge in [0.05, 0.1) is 0 Å². The van der Waals surface area contributed by atoms with Crippen LogP contribution in [-0.2, 0) is 10.1 Å². The Morgan fingerprint density at radius 2 is 1.07 bits per heavy atom. The molecule has 3 rings (SSSR count). The molecule has 0 saturated heterocycles. The first-order chi connectivity index (χ1) is 14.0. The van der Waals surface area contributed by atoms with Crippen LogP contribution in [0.1, 0.15) is 46.2 Å². The molecule has 29 heavy (non-hydrogen) atoms. The Kier molecular flexibility index (Phi) is 6.91. The van der Waals surface area contributed by atoms with Crippen molar-refractivity contribution in [3.8, 4) is 0 Å². The molecule has 0 spiro atoms. The lowest BCUT2D eigenvalue weighted by molar-refractivity contribution is 0.179. The third kappa shape index (κ3) is 4.45. The molecule has 0 heterocycles. The van der Waals surface area contributed by atoms with Gasteiger partial charge in [-0.05, 0) is 67.0 Å². The molecule has 2 N–H and O–H groups in total. The number of rotatable bonds is 8. The van der Waals surface area contributed by atoms with E-state index in [1.54, 1.807) is 0 Å². The zero-order chi connectivity index (χ0) is 20.9. The summed E-state index contributed by atoms with van der Waals surface area (Å²) in [5.74, 6) is 0. The van der Waals surface area contributed by atoms with Crippen LogP contribution >= 0.6 is 0 Å². The van der Waals surface area contributed by atoms with Gasteiger partial charge in [-0.2, -0.15) is 0 Å². The van der Waals surface area contributed by atoms with Gasteiger partial charge in [0, 0.05) is 12.0 Å². The molecule has 4 heteroatoms. The highest BCUT2D eigenvalue weighted by Crippen LogP contribution is 2.46. The van der Waals surface area contributed by atoms with Crippen LogP contribution in [0.2, 0.25) is 0 Å². The second-order valence-electron chi connectivity index (χ2n) is 7.65. The highest BCUT2D eigenvalue weighted by Gasteiger charge is 2.38. The molecule has 0 saturated carbocycles. The van der Waals surface area contributed by atoms with E-state index in [4.69, 9.17) is 14.7 Å². The fraction of sp³-hybridized carbons (Fsp3) is 0.280. The van der Waals surface area contributed by atoms with Gasteiger partial charge in [-0.25, -0.2) is 0 Å². The second kappa shape index (κ2) is 9.40. The van der Waals surface area contributed by atoms with Gasteiger partial charge in [0.15, 0.2) is 0 Å². The van der Waals surface area contributed by atoms with E-state index in [2.05, 4.69) is 93.6 Å². The Morgan fingerprint density at radius 1 is 0.690 bits per heavy atom. The van der Waals surface area contributed by atoms with Gasteiger partial charge in [-0.1, -0.05) is 72.8 Å². The van der Waals surface area contributed by atoms with Crippen LogP contribution in [0.15, 0.2) is 72.8 Å². The lowest BCUT2D eigenvalue weighted by Crippen LogP contribution is -2.33. The van der Waals surface area contributed by atoms with Gasteiger partial charge >= 0.3 is 7.32 Å². The van der Waals surface area contributed by atoms with Crippen LogP contribution in [0, 0.1) is 20.8 Å². The van der Waals surface area contributed by atoms with E-state index < -0.39 is 7.32 Å². The average molecular weight is 388 g/mol.